The highest BCUT2D eigenvalue weighted by atomic mass is 32.2. The molecule has 1 aliphatic heterocycles. The highest BCUT2D eigenvalue weighted by Crippen LogP contribution is 2.16. The zero-order chi connectivity index (χ0) is 20.9. The molecule has 2 amide bonds. The maximum atomic E-state index is 12.5. The van der Waals surface area contributed by atoms with Crippen LogP contribution in [0.1, 0.15) is 33.6 Å². The lowest BCUT2D eigenvalue weighted by molar-refractivity contribution is 0.0962. The van der Waals surface area contributed by atoms with Gasteiger partial charge in [0, 0.05) is 37.0 Å². The smallest absolute Gasteiger partial charge is 0.255 e. The molecule has 2 aromatic carbocycles. The van der Waals surface area contributed by atoms with Crippen LogP contribution in [-0.4, -0.2) is 46.5 Å². The van der Waals surface area contributed by atoms with Crippen molar-refractivity contribution in [2.75, 3.05) is 25.5 Å². The van der Waals surface area contributed by atoms with Gasteiger partial charge in [-0.25, -0.2) is 13.1 Å². The van der Waals surface area contributed by atoms with E-state index in [9.17, 15) is 18.0 Å². The van der Waals surface area contributed by atoms with Crippen LogP contribution in [0.5, 0.6) is 0 Å². The first kappa shape index (κ1) is 21.0. The van der Waals surface area contributed by atoms with E-state index < -0.39 is 15.9 Å². The summed E-state index contributed by atoms with van der Waals surface area (Å²) >= 11 is 0. The fourth-order valence-electron chi connectivity index (χ4n) is 2.95. The summed E-state index contributed by atoms with van der Waals surface area (Å²) < 4.78 is 33.0. The van der Waals surface area contributed by atoms with Gasteiger partial charge in [0.15, 0.2) is 0 Å². The molecular formula is C20H23N3O5S. The van der Waals surface area contributed by atoms with E-state index in [2.05, 4.69) is 15.4 Å². The van der Waals surface area contributed by atoms with Crippen molar-refractivity contribution in [3.63, 3.8) is 0 Å². The molecule has 1 saturated heterocycles. The number of carbonyl (C=O) groups excluding carboxylic acids is 2. The van der Waals surface area contributed by atoms with Crippen molar-refractivity contribution in [1.29, 1.82) is 0 Å². The van der Waals surface area contributed by atoms with Crippen LogP contribution in [0.3, 0.4) is 0 Å². The Labute approximate surface area is 169 Å². The molecule has 1 heterocycles. The molecule has 154 valence electrons. The molecule has 0 aliphatic carbocycles. The molecule has 9 heteroatoms. The molecule has 0 unspecified atom stereocenters. The lowest BCUT2D eigenvalue weighted by atomic mass is 10.1. The van der Waals surface area contributed by atoms with Crippen molar-refractivity contribution in [3.05, 3.63) is 59.7 Å². The molecule has 0 aromatic heterocycles. The maximum absolute atomic E-state index is 12.5. The first-order chi connectivity index (χ1) is 13.9. The van der Waals surface area contributed by atoms with Gasteiger partial charge in [-0.1, -0.05) is 6.07 Å². The minimum absolute atomic E-state index is 0.0121. The number of hydrogen-bond acceptors (Lipinski definition) is 5. The first-order valence-corrected chi connectivity index (χ1v) is 10.7. The van der Waals surface area contributed by atoms with E-state index in [0.717, 1.165) is 12.8 Å². The van der Waals surface area contributed by atoms with Crippen molar-refractivity contribution in [3.8, 4) is 0 Å². The monoisotopic (exact) mass is 417 g/mol. The van der Waals surface area contributed by atoms with Crippen molar-refractivity contribution < 1.29 is 22.7 Å². The number of benzene rings is 2. The number of amides is 2. The van der Waals surface area contributed by atoms with Gasteiger partial charge < -0.3 is 15.4 Å². The zero-order valence-corrected chi connectivity index (χ0v) is 16.8. The molecule has 8 nitrogen and oxygen atoms in total. The Balaban J connectivity index is 1.67. The van der Waals surface area contributed by atoms with Crippen LogP contribution in [0.2, 0.25) is 0 Å². The van der Waals surface area contributed by atoms with Gasteiger partial charge >= 0.3 is 0 Å². The Bertz CT molecular complexity index is 983. The Kier molecular flexibility index (Phi) is 6.63. The summed E-state index contributed by atoms with van der Waals surface area (Å²) in [6.07, 6.45) is 1.63. The topological polar surface area (TPSA) is 114 Å². The fraction of sp³-hybridized carbons (Fsp3) is 0.300. The third kappa shape index (κ3) is 5.41. The molecule has 1 atom stereocenters. The number of sulfonamides is 1. The Hall–Kier alpha value is -2.75. The molecule has 1 aliphatic rings. The first-order valence-electron chi connectivity index (χ1n) is 9.24. The van der Waals surface area contributed by atoms with Crippen LogP contribution in [-0.2, 0) is 14.8 Å². The molecule has 0 spiro atoms. The van der Waals surface area contributed by atoms with Gasteiger partial charge in [0.25, 0.3) is 11.8 Å². The molecule has 3 rings (SSSR count). The van der Waals surface area contributed by atoms with E-state index in [1.807, 2.05) is 0 Å². The fourth-order valence-corrected chi connectivity index (χ4v) is 4.06. The largest absolute Gasteiger partial charge is 0.377 e. The van der Waals surface area contributed by atoms with Gasteiger partial charge in [-0.05, 0) is 55.3 Å². The molecule has 2 aromatic rings. The molecule has 29 heavy (non-hydrogen) atoms. The summed E-state index contributed by atoms with van der Waals surface area (Å²) in [7, 11) is -2.21. The van der Waals surface area contributed by atoms with Crippen LogP contribution in [0.15, 0.2) is 53.4 Å². The number of carbonyl (C=O) groups is 2. The summed E-state index contributed by atoms with van der Waals surface area (Å²) in [6, 6.07) is 12.2. The summed E-state index contributed by atoms with van der Waals surface area (Å²) in [6.45, 7) is 0.850. The van der Waals surface area contributed by atoms with E-state index in [0.29, 0.717) is 17.9 Å². The van der Waals surface area contributed by atoms with Gasteiger partial charge in [-0.15, -0.1) is 0 Å². The zero-order valence-electron chi connectivity index (χ0n) is 16.0. The average Bonchev–Trinajstić information content (AvgIpc) is 3.26. The van der Waals surface area contributed by atoms with Crippen LogP contribution < -0.4 is 15.4 Å². The summed E-state index contributed by atoms with van der Waals surface area (Å²) in [5.41, 5.74) is 1.17. The number of anilines is 1. The van der Waals surface area contributed by atoms with Gasteiger partial charge in [-0.2, -0.15) is 0 Å². The molecule has 0 bridgehead atoms. The van der Waals surface area contributed by atoms with Crippen LogP contribution in [0, 0.1) is 0 Å². The molecule has 1 fully saturated rings. The SMILES string of the molecule is CNC(=O)c1ccc(NC(=O)c2cccc(S(=O)(=O)NC[C@@H]3CCCO3)c2)cc1. The van der Waals surface area contributed by atoms with Crippen molar-refractivity contribution in [1.82, 2.24) is 10.0 Å². The summed E-state index contributed by atoms with van der Waals surface area (Å²) in [5.74, 6) is -0.676. The van der Waals surface area contributed by atoms with E-state index in [1.54, 1.807) is 24.3 Å². The molecular weight excluding hydrogens is 394 g/mol. The third-order valence-electron chi connectivity index (χ3n) is 4.56. The second-order valence-corrected chi connectivity index (χ2v) is 8.39. The number of rotatable bonds is 7. The second kappa shape index (κ2) is 9.17. The Morgan fingerprint density at radius 3 is 2.48 bits per heavy atom. The standard InChI is InChI=1S/C20H23N3O5S/c1-21-19(24)14-7-9-16(10-8-14)23-20(25)15-4-2-6-18(12-15)29(26,27)22-13-17-5-3-11-28-17/h2,4,6-10,12,17,22H,3,5,11,13H2,1H3,(H,21,24)(H,23,25)/t17-/m0/s1. The highest BCUT2D eigenvalue weighted by molar-refractivity contribution is 7.89. The molecule has 3 N–H and O–H groups in total. The average molecular weight is 417 g/mol. The van der Waals surface area contributed by atoms with Crippen molar-refractivity contribution in [2.24, 2.45) is 0 Å². The quantitative estimate of drug-likeness (QED) is 0.635. The number of hydrogen-bond donors (Lipinski definition) is 3. The maximum Gasteiger partial charge on any atom is 0.255 e. The minimum atomic E-state index is -3.75. The predicted octanol–water partition coefficient (Wildman–Crippen LogP) is 1.76. The number of ether oxygens (including phenoxy) is 1. The number of nitrogens with one attached hydrogen (secondary N) is 3. The van der Waals surface area contributed by atoms with Crippen LogP contribution >= 0.6 is 0 Å². The van der Waals surface area contributed by atoms with Gasteiger partial charge in [0.05, 0.1) is 11.0 Å². The van der Waals surface area contributed by atoms with E-state index >= 15 is 0 Å². The van der Waals surface area contributed by atoms with E-state index in [-0.39, 0.29) is 29.0 Å². The van der Waals surface area contributed by atoms with Crippen LogP contribution in [0.25, 0.3) is 0 Å². The lowest BCUT2D eigenvalue weighted by Crippen LogP contribution is -2.32. The lowest BCUT2D eigenvalue weighted by Gasteiger charge is -2.12. The second-order valence-electron chi connectivity index (χ2n) is 6.63. The van der Waals surface area contributed by atoms with E-state index in [1.165, 1.54) is 31.3 Å². The Morgan fingerprint density at radius 1 is 1.07 bits per heavy atom. The molecule has 0 radical (unpaired) electrons. The van der Waals surface area contributed by atoms with Gasteiger partial charge in [-0.3, -0.25) is 9.59 Å². The predicted molar refractivity (Wildman–Crippen MR) is 108 cm³/mol. The van der Waals surface area contributed by atoms with Crippen molar-refractivity contribution in [2.45, 2.75) is 23.8 Å². The van der Waals surface area contributed by atoms with Crippen LogP contribution in [0.4, 0.5) is 5.69 Å². The normalized spacial score (nSPS) is 16.4. The highest BCUT2D eigenvalue weighted by Gasteiger charge is 2.21. The minimum Gasteiger partial charge on any atom is -0.377 e. The van der Waals surface area contributed by atoms with Gasteiger partial charge in [0.1, 0.15) is 0 Å². The van der Waals surface area contributed by atoms with E-state index in [4.69, 9.17) is 4.74 Å². The summed E-state index contributed by atoms with van der Waals surface area (Å²) in [4.78, 5) is 24.1. The van der Waals surface area contributed by atoms with Gasteiger partial charge in [0.2, 0.25) is 10.0 Å². The Morgan fingerprint density at radius 2 is 1.83 bits per heavy atom. The summed E-state index contributed by atoms with van der Waals surface area (Å²) in [5, 5.41) is 5.21. The van der Waals surface area contributed by atoms with Crippen molar-refractivity contribution >= 4 is 27.5 Å². The molecule has 0 saturated carbocycles. The third-order valence-corrected chi connectivity index (χ3v) is 5.98.